The van der Waals surface area contributed by atoms with Crippen molar-refractivity contribution in [3.8, 4) is 0 Å². The predicted octanol–water partition coefficient (Wildman–Crippen LogP) is 3.05. The summed E-state index contributed by atoms with van der Waals surface area (Å²) in [6.07, 6.45) is 3.08. The molecule has 0 aromatic heterocycles. The minimum Gasteiger partial charge on any atom is -0.452 e. The fourth-order valence-electron chi connectivity index (χ4n) is 3.52. The van der Waals surface area contributed by atoms with E-state index in [1.165, 1.54) is 26.2 Å². The molecule has 1 N–H and O–H groups in total. The summed E-state index contributed by atoms with van der Waals surface area (Å²) in [4.78, 5) is 27.2. The second-order valence-corrected chi connectivity index (χ2v) is 10.6. The Morgan fingerprint density at radius 1 is 1.06 bits per heavy atom. The van der Waals surface area contributed by atoms with Gasteiger partial charge in [-0.15, -0.1) is 0 Å². The van der Waals surface area contributed by atoms with E-state index in [1.54, 1.807) is 30.3 Å². The normalized spacial score (nSPS) is 14.2. The Bertz CT molecular complexity index is 1100. The van der Waals surface area contributed by atoms with Crippen molar-refractivity contribution in [2.24, 2.45) is 0 Å². The van der Waals surface area contributed by atoms with Crippen LogP contribution in [-0.2, 0) is 26.1 Å². The average Bonchev–Trinajstić information content (AvgIpc) is 2.82. The zero-order valence-corrected chi connectivity index (χ0v) is 20.3. The lowest BCUT2D eigenvalue weighted by Gasteiger charge is -2.30. The molecular formula is C23H28ClN3O5S. The second kappa shape index (κ2) is 11.0. The first-order valence-electron chi connectivity index (χ1n) is 10.7. The number of carbonyl (C=O) groups is 2. The summed E-state index contributed by atoms with van der Waals surface area (Å²) in [5.41, 5.74) is 1.59. The van der Waals surface area contributed by atoms with E-state index in [4.69, 9.17) is 16.3 Å². The molecule has 0 spiro atoms. The van der Waals surface area contributed by atoms with E-state index < -0.39 is 28.5 Å². The summed E-state index contributed by atoms with van der Waals surface area (Å²) >= 11 is 5.85. The molecule has 33 heavy (non-hydrogen) atoms. The van der Waals surface area contributed by atoms with E-state index in [0.29, 0.717) is 10.7 Å². The van der Waals surface area contributed by atoms with Gasteiger partial charge in [-0.05, 0) is 55.2 Å². The van der Waals surface area contributed by atoms with Gasteiger partial charge in [-0.3, -0.25) is 4.79 Å². The molecule has 0 saturated carbocycles. The Hall–Kier alpha value is -2.62. The quantitative estimate of drug-likeness (QED) is 0.568. The van der Waals surface area contributed by atoms with Crippen LogP contribution in [0, 0.1) is 0 Å². The molecule has 0 atom stereocenters. The van der Waals surface area contributed by atoms with Crippen LogP contribution in [0.15, 0.2) is 47.4 Å². The maximum Gasteiger partial charge on any atom is 0.340 e. The first-order valence-corrected chi connectivity index (χ1v) is 12.5. The summed E-state index contributed by atoms with van der Waals surface area (Å²) in [6.45, 7) is 1.32. The molecule has 8 nitrogen and oxygen atoms in total. The third kappa shape index (κ3) is 6.46. The van der Waals surface area contributed by atoms with E-state index in [9.17, 15) is 18.0 Å². The first kappa shape index (κ1) is 25.0. The SMILES string of the molecule is CN(C)S(=O)(=O)c1ccc(N2CCCCC2)c(C(=O)OCC(=O)NCc2ccc(Cl)cc2)c1. The van der Waals surface area contributed by atoms with Gasteiger partial charge in [0.05, 0.1) is 16.1 Å². The lowest BCUT2D eigenvalue weighted by molar-refractivity contribution is -0.124. The number of nitrogens with zero attached hydrogens (tertiary/aromatic N) is 2. The van der Waals surface area contributed by atoms with Crippen LogP contribution in [0.25, 0.3) is 0 Å². The van der Waals surface area contributed by atoms with Crippen LogP contribution >= 0.6 is 11.6 Å². The van der Waals surface area contributed by atoms with Gasteiger partial charge < -0.3 is 15.0 Å². The summed E-state index contributed by atoms with van der Waals surface area (Å²) < 4.78 is 31.5. The van der Waals surface area contributed by atoms with Crippen molar-refractivity contribution in [3.05, 3.63) is 58.6 Å². The number of nitrogens with one attached hydrogen (secondary N) is 1. The number of hydrogen-bond donors (Lipinski definition) is 1. The minimum atomic E-state index is -3.74. The maximum atomic E-state index is 12.9. The van der Waals surface area contributed by atoms with E-state index >= 15 is 0 Å². The van der Waals surface area contributed by atoms with Crippen LogP contribution in [-0.4, -0.2) is 58.4 Å². The molecule has 1 heterocycles. The zero-order chi connectivity index (χ0) is 24.0. The van der Waals surface area contributed by atoms with Gasteiger partial charge in [-0.2, -0.15) is 0 Å². The number of esters is 1. The Kier molecular flexibility index (Phi) is 8.34. The molecule has 1 aliphatic rings. The molecule has 10 heteroatoms. The van der Waals surface area contributed by atoms with Gasteiger partial charge >= 0.3 is 5.97 Å². The highest BCUT2D eigenvalue weighted by molar-refractivity contribution is 7.89. The fourth-order valence-corrected chi connectivity index (χ4v) is 4.58. The Morgan fingerprint density at radius 2 is 1.73 bits per heavy atom. The number of piperidine rings is 1. The van der Waals surface area contributed by atoms with Crippen molar-refractivity contribution < 1.29 is 22.7 Å². The molecule has 3 rings (SSSR count). The van der Waals surface area contributed by atoms with Crippen molar-refractivity contribution in [1.29, 1.82) is 0 Å². The highest BCUT2D eigenvalue weighted by atomic mass is 35.5. The minimum absolute atomic E-state index is 0.00704. The number of rotatable bonds is 8. The Morgan fingerprint density at radius 3 is 2.36 bits per heavy atom. The third-order valence-electron chi connectivity index (χ3n) is 5.40. The first-order chi connectivity index (χ1) is 15.7. The molecule has 1 amide bonds. The van der Waals surface area contributed by atoms with E-state index in [2.05, 4.69) is 5.32 Å². The lowest BCUT2D eigenvalue weighted by atomic mass is 10.1. The number of halogens is 1. The van der Waals surface area contributed by atoms with Gasteiger partial charge in [0.15, 0.2) is 6.61 Å². The second-order valence-electron chi connectivity index (χ2n) is 7.99. The number of carbonyl (C=O) groups excluding carboxylic acids is 2. The van der Waals surface area contributed by atoms with Crippen molar-refractivity contribution in [1.82, 2.24) is 9.62 Å². The van der Waals surface area contributed by atoms with Crippen molar-refractivity contribution in [3.63, 3.8) is 0 Å². The molecular weight excluding hydrogens is 466 g/mol. The molecule has 0 unspecified atom stereocenters. The van der Waals surface area contributed by atoms with Crippen molar-refractivity contribution in [2.45, 2.75) is 30.7 Å². The molecule has 0 bridgehead atoms. The van der Waals surface area contributed by atoms with Crippen molar-refractivity contribution >= 4 is 39.2 Å². The van der Waals surface area contributed by atoms with Gasteiger partial charge in [0, 0.05) is 38.8 Å². The smallest absolute Gasteiger partial charge is 0.340 e. The van der Waals surface area contributed by atoms with Gasteiger partial charge in [0.25, 0.3) is 5.91 Å². The van der Waals surface area contributed by atoms with E-state index in [0.717, 1.165) is 42.2 Å². The highest BCUT2D eigenvalue weighted by Crippen LogP contribution is 2.28. The number of ether oxygens (including phenoxy) is 1. The third-order valence-corrected chi connectivity index (χ3v) is 7.46. The highest BCUT2D eigenvalue weighted by Gasteiger charge is 2.25. The van der Waals surface area contributed by atoms with Gasteiger partial charge in [0.2, 0.25) is 10.0 Å². The molecule has 2 aromatic rings. The Balaban J connectivity index is 1.73. The summed E-state index contributed by atoms with van der Waals surface area (Å²) in [5.74, 6) is -1.21. The molecule has 1 saturated heterocycles. The summed E-state index contributed by atoms with van der Waals surface area (Å²) in [7, 11) is -0.881. The molecule has 2 aromatic carbocycles. The van der Waals surface area contributed by atoms with Crippen LogP contribution < -0.4 is 10.2 Å². The summed E-state index contributed by atoms with van der Waals surface area (Å²) in [6, 6.07) is 11.5. The number of benzene rings is 2. The largest absolute Gasteiger partial charge is 0.452 e. The predicted molar refractivity (Wildman–Crippen MR) is 127 cm³/mol. The summed E-state index contributed by atoms with van der Waals surface area (Å²) in [5, 5.41) is 3.28. The lowest BCUT2D eigenvalue weighted by Crippen LogP contribution is -2.32. The van der Waals surface area contributed by atoms with Crippen LogP contribution in [0.1, 0.15) is 35.2 Å². The molecule has 0 aliphatic carbocycles. The topological polar surface area (TPSA) is 96.0 Å². The van der Waals surface area contributed by atoms with Crippen LogP contribution in [0.3, 0.4) is 0 Å². The number of hydrogen-bond acceptors (Lipinski definition) is 6. The monoisotopic (exact) mass is 493 g/mol. The van der Waals surface area contributed by atoms with E-state index in [1.807, 2.05) is 4.90 Å². The van der Waals surface area contributed by atoms with Crippen LogP contribution in [0.5, 0.6) is 0 Å². The van der Waals surface area contributed by atoms with E-state index in [-0.39, 0.29) is 17.0 Å². The molecule has 1 fully saturated rings. The zero-order valence-electron chi connectivity index (χ0n) is 18.7. The standard InChI is InChI=1S/C23H28ClN3O5S/c1-26(2)33(30,31)19-10-11-21(27-12-4-3-5-13-27)20(14-19)23(29)32-16-22(28)25-15-17-6-8-18(24)9-7-17/h6-11,14H,3-5,12-13,15-16H2,1-2H3,(H,25,28). The maximum absolute atomic E-state index is 12.9. The molecule has 0 radical (unpaired) electrons. The molecule has 1 aliphatic heterocycles. The number of amides is 1. The average molecular weight is 494 g/mol. The fraction of sp³-hybridized carbons (Fsp3) is 0.391. The van der Waals surface area contributed by atoms with Gasteiger partial charge in [-0.25, -0.2) is 17.5 Å². The van der Waals surface area contributed by atoms with Gasteiger partial charge in [-0.1, -0.05) is 23.7 Å². The van der Waals surface area contributed by atoms with Crippen molar-refractivity contribution in [2.75, 3.05) is 38.7 Å². The number of sulfonamides is 1. The van der Waals surface area contributed by atoms with Crippen LogP contribution in [0.2, 0.25) is 5.02 Å². The van der Waals surface area contributed by atoms with Crippen LogP contribution in [0.4, 0.5) is 5.69 Å². The Labute approximate surface area is 199 Å². The molecule has 178 valence electrons. The van der Waals surface area contributed by atoms with Gasteiger partial charge in [0.1, 0.15) is 0 Å². The number of anilines is 1.